The molecular weight excluding hydrogens is 330 g/mol. The first-order chi connectivity index (χ1) is 11.4. The lowest BCUT2D eigenvalue weighted by molar-refractivity contribution is 0.390. The summed E-state index contributed by atoms with van der Waals surface area (Å²) in [4.78, 5) is 4.43. The predicted molar refractivity (Wildman–Crippen MR) is 86.7 cm³/mol. The van der Waals surface area contributed by atoms with E-state index in [9.17, 15) is 8.42 Å². The van der Waals surface area contributed by atoms with Gasteiger partial charge in [-0.25, -0.2) is 18.1 Å². The van der Waals surface area contributed by atoms with E-state index >= 15 is 0 Å². The monoisotopic (exact) mass is 347 g/mol. The average Bonchev–Trinajstić information content (AvgIpc) is 3.09. The van der Waals surface area contributed by atoms with Crippen molar-refractivity contribution in [1.82, 2.24) is 14.9 Å². The summed E-state index contributed by atoms with van der Waals surface area (Å²) in [5.74, 6) is 1.17. The Morgan fingerprint density at radius 1 is 1.08 bits per heavy atom. The topological polar surface area (TPSA) is 98.2 Å². The van der Waals surface area contributed by atoms with Crippen molar-refractivity contribution < 1.29 is 17.4 Å². The Hall–Kier alpha value is -2.45. The summed E-state index contributed by atoms with van der Waals surface area (Å²) in [5.41, 5.74) is 1.93. The molecule has 3 aromatic rings. The Labute approximate surface area is 139 Å². The SMILES string of the molecule is Cc1noc(C)c1S(=O)(=O)NCc1nc(-c2ccccc2)c(C)o1. The summed E-state index contributed by atoms with van der Waals surface area (Å²) in [6.07, 6.45) is 0. The van der Waals surface area contributed by atoms with Crippen molar-refractivity contribution in [2.24, 2.45) is 0 Å². The number of hydrogen-bond acceptors (Lipinski definition) is 6. The average molecular weight is 347 g/mol. The van der Waals surface area contributed by atoms with Crippen molar-refractivity contribution >= 4 is 10.0 Å². The molecule has 3 rings (SSSR count). The maximum atomic E-state index is 12.4. The van der Waals surface area contributed by atoms with Gasteiger partial charge in [-0.1, -0.05) is 35.5 Å². The van der Waals surface area contributed by atoms with Crippen molar-refractivity contribution in [3.8, 4) is 11.3 Å². The van der Waals surface area contributed by atoms with E-state index in [0.29, 0.717) is 23.0 Å². The highest BCUT2D eigenvalue weighted by molar-refractivity contribution is 7.89. The zero-order valence-electron chi connectivity index (χ0n) is 13.5. The van der Waals surface area contributed by atoms with Gasteiger partial charge in [0.1, 0.15) is 22.0 Å². The summed E-state index contributed by atoms with van der Waals surface area (Å²) < 4.78 is 37.7. The van der Waals surface area contributed by atoms with Gasteiger partial charge < -0.3 is 8.94 Å². The Morgan fingerprint density at radius 3 is 2.42 bits per heavy atom. The second-order valence-corrected chi connectivity index (χ2v) is 7.06. The van der Waals surface area contributed by atoms with E-state index in [1.54, 1.807) is 20.8 Å². The van der Waals surface area contributed by atoms with Gasteiger partial charge in [0, 0.05) is 5.56 Å². The number of nitrogens with zero attached hydrogens (tertiary/aromatic N) is 2. The minimum atomic E-state index is -3.75. The number of nitrogens with one attached hydrogen (secondary N) is 1. The van der Waals surface area contributed by atoms with Crippen LogP contribution < -0.4 is 4.72 Å². The maximum absolute atomic E-state index is 12.4. The van der Waals surface area contributed by atoms with Crippen LogP contribution in [0, 0.1) is 20.8 Å². The highest BCUT2D eigenvalue weighted by Crippen LogP contribution is 2.23. The van der Waals surface area contributed by atoms with Crippen LogP contribution >= 0.6 is 0 Å². The summed E-state index contributed by atoms with van der Waals surface area (Å²) >= 11 is 0. The molecule has 7 nitrogen and oxygen atoms in total. The fourth-order valence-corrected chi connectivity index (χ4v) is 3.78. The van der Waals surface area contributed by atoms with E-state index in [4.69, 9.17) is 8.94 Å². The van der Waals surface area contributed by atoms with Crippen LogP contribution in [-0.4, -0.2) is 18.6 Å². The Kier molecular flexibility index (Phi) is 4.25. The zero-order valence-corrected chi connectivity index (χ0v) is 14.3. The minimum absolute atomic E-state index is 0.0501. The van der Waals surface area contributed by atoms with Gasteiger partial charge in [0.15, 0.2) is 5.76 Å². The second-order valence-electron chi connectivity index (χ2n) is 5.36. The number of sulfonamides is 1. The smallest absolute Gasteiger partial charge is 0.246 e. The molecule has 0 aliphatic heterocycles. The number of aromatic nitrogens is 2. The summed E-state index contributed by atoms with van der Waals surface area (Å²) in [7, 11) is -3.75. The third-order valence-electron chi connectivity index (χ3n) is 3.54. The number of aryl methyl sites for hydroxylation is 3. The normalized spacial score (nSPS) is 11.8. The fourth-order valence-electron chi connectivity index (χ4n) is 2.48. The summed E-state index contributed by atoms with van der Waals surface area (Å²) in [6.45, 7) is 4.87. The molecule has 1 aromatic carbocycles. The molecule has 126 valence electrons. The van der Waals surface area contributed by atoms with Gasteiger partial charge in [-0.15, -0.1) is 0 Å². The molecule has 2 aromatic heterocycles. The van der Waals surface area contributed by atoms with E-state index in [0.717, 1.165) is 5.56 Å². The number of hydrogen-bond donors (Lipinski definition) is 1. The third kappa shape index (κ3) is 3.10. The quantitative estimate of drug-likeness (QED) is 0.762. The van der Waals surface area contributed by atoms with Crippen LogP contribution in [-0.2, 0) is 16.6 Å². The van der Waals surface area contributed by atoms with Gasteiger partial charge in [-0.2, -0.15) is 0 Å². The van der Waals surface area contributed by atoms with Gasteiger partial charge in [0.05, 0.1) is 6.54 Å². The maximum Gasteiger partial charge on any atom is 0.246 e. The van der Waals surface area contributed by atoms with Gasteiger partial charge in [0.2, 0.25) is 15.9 Å². The van der Waals surface area contributed by atoms with E-state index in [2.05, 4.69) is 14.9 Å². The molecule has 0 fully saturated rings. The second kappa shape index (κ2) is 6.21. The van der Waals surface area contributed by atoms with Crippen LogP contribution in [0.4, 0.5) is 0 Å². The molecule has 1 N–H and O–H groups in total. The van der Waals surface area contributed by atoms with E-state index in [-0.39, 0.29) is 17.2 Å². The van der Waals surface area contributed by atoms with Gasteiger partial charge in [0.25, 0.3) is 0 Å². The highest BCUT2D eigenvalue weighted by atomic mass is 32.2. The molecule has 0 saturated heterocycles. The fraction of sp³-hybridized carbons (Fsp3) is 0.250. The lowest BCUT2D eigenvalue weighted by Crippen LogP contribution is -2.24. The van der Waals surface area contributed by atoms with E-state index in [1.165, 1.54) is 0 Å². The summed E-state index contributed by atoms with van der Waals surface area (Å²) in [6, 6.07) is 9.56. The predicted octanol–water partition coefficient (Wildman–Crippen LogP) is 2.73. The molecule has 8 heteroatoms. The molecule has 0 unspecified atom stereocenters. The van der Waals surface area contributed by atoms with Crippen molar-refractivity contribution in [3.05, 3.63) is 53.4 Å². The van der Waals surface area contributed by atoms with Crippen molar-refractivity contribution in [1.29, 1.82) is 0 Å². The first-order valence-corrected chi connectivity index (χ1v) is 8.81. The first-order valence-electron chi connectivity index (χ1n) is 7.33. The van der Waals surface area contributed by atoms with Gasteiger partial charge in [-0.3, -0.25) is 0 Å². The molecule has 0 spiro atoms. The van der Waals surface area contributed by atoms with Crippen molar-refractivity contribution in [2.45, 2.75) is 32.2 Å². The molecular formula is C16H17N3O4S. The largest absolute Gasteiger partial charge is 0.444 e. The Balaban J connectivity index is 1.81. The molecule has 0 bridgehead atoms. The number of oxazole rings is 1. The van der Waals surface area contributed by atoms with Crippen LogP contribution in [0.15, 0.2) is 44.2 Å². The van der Waals surface area contributed by atoms with Crippen LogP contribution in [0.1, 0.15) is 23.1 Å². The first kappa shape index (κ1) is 16.4. The summed E-state index contributed by atoms with van der Waals surface area (Å²) in [5, 5.41) is 3.66. The van der Waals surface area contributed by atoms with E-state index in [1.807, 2.05) is 30.3 Å². The van der Waals surface area contributed by atoms with Gasteiger partial charge in [-0.05, 0) is 20.8 Å². The number of benzene rings is 1. The molecule has 0 aliphatic rings. The van der Waals surface area contributed by atoms with Gasteiger partial charge >= 0.3 is 0 Å². The Morgan fingerprint density at radius 2 is 1.79 bits per heavy atom. The minimum Gasteiger partial charge on any atom is -0.444 e. The standard InChI is InChI=1S/C16H17N3O4S/c1-10-16(12(3)23-19-10)24(20,21)17-9-14-18-15(11(2)22-14)13-7-5-4-6-8-13/h4-8,17H,9H2,1-3H3. The van der Waals surface area contributed by atoms with Crippen molar-refractivity contribution in [3.63, 3.8) is 0 Å². The van der Waals surface area contributed by atoms with Crippen LogP contribution in [0.3, 0.4) is 0 Å². The van der Waals surface area contributed by atoms with Crippen LogP contribution in [0.25, 0.3) is 11.3 Å². The molecule has 0 saturated carbocycles. The van der Waals surface area contributed by atoms with Crippen LogP contribution in [0.2, 0.25) is 0 Å². The lowest BCUT2D eigenvalue weighted by atomic mass is 10.1. The molecule has 2 heterocycles. The molecule has 0 aliphatic carbocycles. The number of rotatable bonds is 5. The Bertz CT molecular complexity index is 939. The highest BCUT2D eigenvalue weighted by Gasteiger charge is 2.24. The zero-order chi connectivity index (χ0) is 17.3. The van der Waals surface area contributed by atoms with Crippen LogP contribution in [0.5, 0.6) is 0 Å². The third-order valence-corrected chi connectivity index (χ3v) is 5.18. The lowest BCUT2D eigenvalue weighted by Gasteiger charge is -2.03. The van der Waals surface area contributed by atoms with E-state index < -0.39 is 10.0 Å². The molecule has 0 atom stereocenters. The molecule has 24 heavy (non-hydrogen) atoms. The van der Waals surface area contributed by atoms with Crippen molar-refractivity contribution in [2.75, 3.05) is 0 Å². The molecule has 0 amide bonds. The molecule has 0 radical (unpaired) electrons.